The third kappa shape index (κ3) is 2.23. The van der Waals surface area contributed by atoms with Crippen molar-refractivity contribution in [3.8, 4) is 23.0 Å². The Kier molecular flexibility index (Phi) is 2.90. The highest BCUT2D eigenvalue weighted by atomic mass is 19.1. The number of rotatable bonds is 2. The normalized spacial score (nSPS) is 10.7. The molecule has 0 spiro atoms. The number of pyridine rings is 1. The molecule has 0 unspecified atom stereocenters. The number of hydrogen-bond acceptors (Lipinski definition) is 5. The summed E-state index contributed by atoms with van der Waals surface area (Å²) in [7, 11) is 0. The van der Waals surface area contributed by atoms with E-state index >= 15 is 0 Å². The zero-order valence-electron chi connectivity index (χ0n) is 10.7. The standard InChI is InChI=1S/C14H11FN4O/c1-8-6-10(16)3-4-11(8)14-18-13(19-20-14)12-5-2-9(15)7-17-12/h2-7H,16H2,1H3. The molecule has 6 heteroatoms. The summed E-state index contributed by atoms with van der Waals surface area (Å²) in [6, 6.07) is 8.21. The molecule has 1 aromatic carbocycles. The fourth-order valence-corrected chi connectivity index (χ4v) is 1.87. The maximum absolute atomic E-state index is 12.8. The molecule has 0 aliphatic heterocycles. The molecule has 0 saturated heterocycles. The van der Waals surface area contributed by atoms with Crippen LogP contribution in [-0.4, -0.2) is 15.1 Å². The van der Waals surface area contributed by atoms with Crippen LogP contribution in [-0.2, 0) is 0 Å². The van der Waals surface area contributed by atoms with Gasteiger partial charge in [0.2, 0.25) is 5.82 Å². The summed E-state index contributed by atoms with van der Waals surface area (Å²) < 4.78 is 18.0. The van der Waals surface area contributed by atoms with Crippen molar-refractivity contribution in [2.75, 3.05) is 5.73 Å². The first-order valence-electron chi connectivity index (χ1n) is 5.95. The second-order valence-electron chi connectivity index (χ2n) is 4.36. The summed E-state index contributed by atoms with van der Waals surface area (Å²) in [5.41, 5.74) is 8.57. The topological polar surface area (TPSA) is 77.8 Å². The Labute approximate surface area is 114 Å². The fraction of sp³-hybridized carbons (Fsp3) is 0.0714. The Morgan fingerprint density at radius 3 is 2.75 bits per heavy atom. The van der Waals surface area contributed by atoms with Crippen LogP contribution in [0.1, 0.15) is 5.56 Å². The van der Waals surface area contributed by atoms with Crippen LogP contribution in [0.25, 0.3) is 23.0 Å². The molecule has 0 aliphatic rings. The largest absolute Gasteiger partial charge is 0.399 e. The zero-order chi connectivity index (χ0) is 14.1. The van der Waals surface area contributed by atoms with Crippen molar-refractivity contribution in [3.63, 3.8) is 0 Å². The molecule has 3 rings (SSSR count). The summed E-state index contributed by atoms with van der Waals surface area (Å²) in [5, 5.41) is 3.85. The fourth-order valence-electron chi connectivity index (χ4n) is 1.87. The minimum atomic E-state index is -0.410. The van der Waals surface area contributed by atoms with Crippen LogP contribution >= 0.6 is 0 Å². The molecule has 0 bridgehead atoms. The van der Waals surface area contributed by atoms with E-state index in [1.165, 1.54) is 12.1 Å². The summed E-state index contributed by atoms with van der Waals surface area (Å²) in [6.07, 6.45) is 1.11. The van der Waals surface area contributed by atoms with Gasteiger partial charge in [0.1, 0.15) is 11.5 Å². The number of benzene rings is 1. The van der Waals surface area contributed by atoms with E-state index in [-0.39, 0.29) is 0 Å². The van der Waals surface area contributed by atoms with Crippen molar-refractivity contribution >= 4 is 5.69 Å². The van der Waals surface area contributed by atoms with Gasteiger partial charge in [0, 0.05) is 11.3 Å². The first-order valence-corrected chi connectivity index (χ1v) is 5.95. The smallest absolute Gasteiger partial charge is 0.258 e. The summed E-state index contributed by atoms with van der Waals surface area (Å²) in [5.74, 6) is 0.284. The lowest BCUT2D eigenvalue weighted by molar-refractivity contribution is 0.432. The van der Waals surface area contributed by atoms with E-state index in [0.717, 1.165) is 17.3 Å². The molecule has 5 nitrogen and oxygen atoms in total. The van der Waals surface area contributed by atoms with Crippen LogP contribution in [0.3, 0.4) is 0 Å². The highest BCUT2D eigenvalue weighted by molar-refractivity contribution is 5.64. The average Bonchev–Trinajstić information content (AvgIpc) is 2.89. The lowest BCUT2D eigenvalue weighted by Crippen LogP contribution is -1.89. The van der Waals surface area contributed by atoms with Crippen molar-refractivity contribution in [2.45, 2.75) is 6.92 Å². The van der Waals surface area contributed by atoms with Crippen LogP contribution in [0.2, 0.25) is 0 Å². The summed E-state index contributed by atoms with van der Waals surface area (Å²) in [4.78, 5) is 8.18. The second-order valence-corrected chi connectivity index (χ2v) is 4.36. The van der Waals surface area contributed by atoms with Gasteiger partial charge in [-0.3, -0.25) is 0 Å². The van der Waals surface area contributed by atoms with Crippen LogP contribution < -0.4 is 5.73 Å². The predicted molar refractivity (Wildman–Crippen MR) is 72.1 cm³/mol. The lowest BCUT2D eigenvalue weighted by Gasteiger charge is -2.01. The first kappa shape index (κ1) is 12.3. The molecule has 3 aromatic rings. The van der Waals surface area contributed by atoms with Gasteiger partial charge in [-0.25, -0.2) is 9.37 Å². The number of nitrogens with zero attached hydrogens (tertiary/aromatic N) is 3. The Morgan fingerprint density at radius 1 is 1.20 bits per heavy atom. The van der Waals surface area contributed by atoms with Crippen molar-refractivity contribution < 1.29 is 8.91 Å². The van der Waals surface area contributed by atoms with Crippen LogP contribution in [0, 0.1) is 12.7 Å². The molecular formula is C14H11FN4O. The predicted octanol–water partition coefficient (Wildman–Crippen LogP) is 2.83. The molecule has 2 aromatic heterocycles. The first-order chi connectivity index (χ1) is 9.63. The quantitative estimate of drug-likeness (QED) is 0.724. The molecule has 0 saturated carbocycles. The van der Waals surface area contributed by atoms with E-state index in [2.05, 4.69) is 15.1 Å². The van der Waals surface area contributed by atoms with Crippen LogP contribution in [0.5, 0.6) is 0 Å². The van der Waals surface area contributed by atoms with Gasteiger partial charge in [-0.15, -0.1) is 0 Å². The SMILES string of the molecule is Cc1cc(N)ccc1-c1nc(-c2ccc(F)cn2)no1. The summed E-state index contributed by atoms with van der Waals surface area (Å²) in [6.45, 7) is 1.91. The number of nitrogens with two attached hydrogens (primary N) is 1. The molecule has 0 radical (unpaired) electrons. The number of anilines is 1. The third-order valence-electron chi connectivity index (χ3n) is 2.86. The maximum Gasteiger partial charge on any atom is 0.258 e. The summed E-state index contributed by atoms with van der Waals surface area (Å²) >= 11 is 0. The van der Waals surface area contributed by atoms with Gasteiger partial charge in [0.05, 0.1) is 6.20 Å². The van der Waals surface area contributed by atoms with E-state index in [1.54, 1.807) is 6.07 Å². The van der Waals surface area contributed by atoms with E-state index in [4.69, 9.17) is 10.3 Å². The minimum absolute atomic E-state index is 0.316. The van der Waals surface area contributed by atoms with E-state index < -0.39 is 5.82 Å². The molecular weight excluding hydrogens is 259 g/mol. The Balaban J connectivity index is 1.99. The Bertz CT molecular complexity index is 752. The van der Waals surface area contributed by atoms with Crippen LogP contribution in [0.4, 0.5) is 10.1 Å². The van der Waals surface area contributed by atoms with Gasteiger partial charge >= 0.3 is 0 Å². The molecule has 20 heavy (non-hydrogen) atoms. The Morgan fingerprint density at radius 2 is 2.05 bits per heavy atom. The molecule has 0 amide bonds. The Hall–Kier alpha value is -2.76. The molecule has 0 atom stereocenters. The zero-order valence-corrected chi connectivity index (χ0v) is 10.7. The maximum atomic E-state index is 12.8. The van der Waals surface area contributed by atoms with Crippen molar-refractivity contribution in [1.82, 2.24) is 15.1 Å². The molecule has 100 valence electrons. The number of hydrogen-bond donors (Lipinski definition) is 1. The number of aromatic nitrogens is 3. The van der Waals surface area contributed by atoms with E-state index in [0.29, 0.717) is 23.1 Å². The van der Waals surface area contributed by atoms with Crippen molar-refractivity contribution in [2.24, 2.45) is 0 Å². The van der Waals surface area contributed by atoms with Gasteiger partial charge in [-0.05, 0) is 42.8 Å². The molecule has 0 fully saturated rings. The van der Waals surface area contributed by atoms with E-state index in [1.807, 2.05) is 19.1 Å². The lowest BCUT2D eigenvalue weighted by atomic mass is 10.1. The molecule has 2 N–H and O–H groups in total. The van der Waals surface area contributed by atoms with E-state index in [9.17, 15) is 4.39 Å². The van der Waals surface area contributed by atoms with Gasteiger partial charge in [0.15, 0.2) is 0 Å². The number of nitrogen functional groups attached to an aromatic ring is 1. The minimum Gasteiger partial charge on any atom is -0.399 e. The highest BCUT2D eigenvalue weighted by Crippen LogP contribution is 2.25. The monoisotopic (exact) mass is 270 g/mol. The average molecular weight is 270 g/mol. The van der Waals surface area contributed by atoms with Gasteiger partial charge in [0.25, 0.3) is 5.89 Å². The highest BCUT2D eigenvalue weighted by Gasteiger charge is 2.13. The van der Waals surface area contributed by atoms with Gasteiger partial charge in [-0.1, -0.05) is 5.16 Å². The molecule has 0 aliphatic carbocycles. The number of aryl methyl sites for hydroxylation is 1. The third-order valence-corrected chi connectivity index (χ3v) is 2.86. The van der Waals surface area contributed by atoms with Gasteiger partial charge in [-0.2, -0.15) is 4.98 Å². The van der Waals surface area contributed by atoms with Crippen molar-refractivity contribution in [1.29, 1.82) is 0 Å². The van der Waals surface area contributed by atoms with Crippen LogP contribution in [0.15, 0.2) is 41.1 Å². The second kappa shape index (κ2) is 4.73. The molecule has 2 heterocycles. The number of halogens is 1. The van der Waals surface area contributed by atoms with Crippen molar-refractivity contribution in [3.05, 3.63) is 47.9 Å². The van der Waals surface area contributed by atoms with Gasteiger partial charge < -0.3 is 10.3 Å².